The minimum atomic E-state index is -0.0253. The van der Waals surface area contributed by atoms with Crippen molar-refractivity contribution in [2.45, 2.75) is 6.61 Å². The maximum absolute atomic E-state index is 9.45. The molecule has 4 aromatic rings. The van der Waals surface area contributed by atoms with Crippen LogP contribution in [0.1, 0.15) is 5.56 Å². The van der Waals surface area contributed by atoms with E-state index in [-0.39, 0.29) is 6.61 Å². The molecule has 0 atom stereocenters. The van der Waals surface area contributed by atoms with E-state index in [1.807, 2.05) is 29.9 Å². The number of halogens is 1. The molecule has 0 radical (unpaired) electrons. The van der Waals surface area contributed by atoms with Crippen LogP contribution < -0.4 is 0 Å². The molecule has 2 aromatic heterocycles. The maximum Gasteiger partial charge on any atom is 0.159 e. The molecule has 6 heteroatoms. The molecule has 0 spiro atoms. The lowest BCUT2D eigenvalue weighted by atomic mass is 10.2. The zero-order chi connectivity index (χ0) is 15.3. The van der Waals surface area contributed by atoms with Crippen LogP contribution >= 0.6 is 22.6 Å². The van der Waals surface area contributed by atoms with Crippen molar-refractivity contribution in [1.82, 2.24) is 19.7 Å². The third kappa shape index (κ3) is 2.02. The SMILES string of the molecule is Cn1nc(-c2nc3c(CO)cccc3[nH]2)c2cc(I)ccc21. The van der Waals surface area contributed by atoms with E-state index in [1.54, 1.807) is 0 Å². The quantitative estimate of drug-likeness (QED) is 0.505. The number of para-hydroxylation sites is 1. The second-order valence-corrected chi connectivity index (χ2v) is 6.44. The summed E-state index contributed by atoms with van der Waals surface area (Å²) >= 11 is 2.30. The van der Waals surface area contributed by atoms with Crippen LogP contribution in [-0.2, 0) is 13.7 Å². The monoisotopic (exact) mass is 404 g/mol. The van der Waals surface area contributed by atoms with Crippen LogP contribution in [-0.4, -0.2) is 24.9 Å². The van der Waals surface area contributed by atoms with Crippen molar-refractivity contribution >= 4 is 44.5 Å². The smallest absolute Gasteiger partial charge is 0.159 e. The highest BCUT2D eigenvalue weighted by Crippen LogP contribution is 2.29. The minimum absolute atomic E-state index is 0.0253. The number of aromatic nitrogens is 4. The van der Waals surface area contributed by atoms with Crippen molar-refractivity contribution in [3.63, 3.8) is 0 Å². The lowest BCUT2D eigenvalue weighted by molar-refractivity contribution is 0.283. The Kier molecular flexibility index (Phi) is 3.16. The number of nitrogens with one attached hydrogen (secondary N) is 1. The number of hydrogen-bond donors (Lipinski definition) is 2. The third-order valence-electron chi connectivity index (χ3n) is 3.80. The van der Waals surface area contributed by atoms with Crippen molar-refractivity contribution in [3.8, 4) is 11.5 Å². The first-order valence-electron chi connectivity index (χ1n) is 6.88. The number of H-pyrrole nitrogens is 1. The van der Waals surface area contributed by atoms with E-state index in [0.29, 0.717) is 0 Å². The Hall–Kier alpha value is -1.93. The van der Waals surface area contributed by atoms with Gasteiger partial charge in [-0.1, -0.05) is 12.1 Å². The molecule has 110 valence electrons. The van der Waals surface area contributed by atoms with Gasteiger partial charge in [-0.15, -0.1) is 0 Å². The summed E-state index contributed by atoms with van der Waals surface area (Å²) in [4.78, 5) is 7.96. The van der Waals surface area contributed by atoms with Crippen molar-refractivity contribution in [2.75, 3.05) is 0 Å². The van der Waals surface area contributed by atoms with E-state index in [9.17, 15) is 5.11 Å². The highest BCUT2D eigenvalue weighted by atomic mass is 127. The highest BCUT2D eigenvalue weighted by molar-refractivity contribution is 14.1. The van der Waals surface area contributed by atoms with Gasteiger partial charge in [-0.25, -0.2) is 4.98 Å². The fourth-order valence-electron chi connectivity index (χ4n) is 2.74. The maximum atomic E-state index is 9.45. The number of rotatable bonds is 2. The van der Waals surface area contributed by atoms with Gasteiger partial charge in [-0.2, -0.15) is 5.10 Å². The van der Waals surface area contributed by atoms with Gasteiger partial charge in [0.05, 0.1) is 23.2 Å². The summed E-state index contributed by atoms with van der Waals surface area (Å²) in [6.07, 6.45) is 0. The molecule has 22 heavy (non-hydrogen) atoms. The molecule has 0 unspecified atom stereocenters. The van der Waals surface area contributed by atoms with Gasteiger partial charge >= 0.3 is 0 Å². The van der Waals surface area contributed by atoms with E-state index in [0.717, 1.165) is 42.6 Å². The molecule has 2 heterocycles. The molecule has 4 rings (SSSR count). The van der Waals surface area contributed by atoms with Crippen LogP contribution in [0.25, 0.3) is 33.5 Å². The van der Waals surface area contributed by atoms with E-state index in [1.165, 1.54) is 0 Å². The summed E-state index contributed by atoms with van der Waals surface area (Å²) in [5.41, 5.74) is 4.42. The van der Waals surface area contributed by atoms with Crippen LogP contribution in [0.5, 0.6) is 0 Å². The summed E-state index contributed by atoms with van der Waals surface area (Å²) < 4.78 is 3.02. The first kappa shape index (κ1) is 13.7. The molecule has 2 N–H and O–H groups in total. The van der Waals surface area contributed by atoms with E-state index in [2.05, 4.69) is 55.9 Å². The number of imidazole rings is 1. The number of benzene rings is 2. The van der Waals surface area contributed by atoms with Crippen LogP contribution in [0.4, 0.5) is 0 Å². The molecule has 0 bridgehead atoms. The Morgan fingerprint density at radius 2 is 2.14 bits per heavy atom. The normalized spacial score (nSPS) is 11.6. The number of nitrogens with zero attached hydrogens (tertiary/aromatic N) is 3. The van der Waals surface area contributed by atoms with Gasteiger partial charge in [0.25, 0.3) is 0 Å². The number of hydrogen-bond acceptors (Lipinski definition) is 3. The molecule has 0 fully saturated rings. The Morgan fingerprint density at radius 3 is 2.95 bits per heavy atom. The number of fused-ring (bicyclic) bond motifs is 2. The molecule has 0 saturated heterocycles. The topological polar surface area (TPSA) is 66.7 Å². The standard InChI is InChI=1S/C16H13IN4O/c1-21-13-6-5-10(17)7-11(13)15(20-21)16-18-12-4-2-3-9(8-22)14(12)19-16/h2-7,22H,8H2,1H3,(H,18,19). The number of aliphatic hydroxyl groups is 1. The summed E-state index contributed by atoms with van der Waals surface area (Å²) in [6, 6.07) is 12.0. The van der Waals surface area contributed by atoms with Gasteiger partial charge in [-0.3, -0.25) is 4.68 Å². The summed E-state index contributed by atoms with van der Waals surface area (Å²) in [5.74, 6) is 0.725. The number of aromatic amines is 1. The van der Waals surface area contributed by atoms with Gasteiger partial charge in [0.2, 0.25) is 0 Å². The van der Waals surface area contributed by atoms with Crippen molar-refractivity contribution in [3.05, 3.63) is 45.5 Å². The molecule has 0 saturated carbocycles. The number of aliphatic hydroxyl groups excluding tert-OH is 1. The van der Waals surface area contributed by atoms with E-state index < -0.39 is 0 Å². The molecule has 0 amide bonds. The molecule has 0 aliphatic carbocycles. The lowest BCUT2D eigenvalue weighted by Crippen LogP contribution is -1.90. The fourth-order valence-corrected chi connectivity index (χ4v) is 3.24. The molecule has 0 aliphatic rings. The Balaban J connectivity index is 2.01. The van der Waals surface area contributed by atoms with Gasteiger partial charge in [-0.05, 0) is 46.9 Å². The summed E-state index contributed by atoms with van der Waals surface area (Å²) in [6.45, 7) is -0.0253. The van der Waals surface area contributed by atoms with E-state index in [4.69, 9.17) is 0 Å². The zero-order valence-corrected chi connectivity index (χ0v) is 14.0. The number of aryl methyl sites for hydroxylation is 1. The van der Waals surface area contributed by atoms with E-state index >= 15 is 0 Å². The van der Waals surface area contributed by atoms with Crippen LogP contribution in [0, 0.1) is 3.57 Å². The minimum Gasteiger partial charge on any atom is -0.392 e. The second-order valence-electron chi connectivity index (χ2n) is 5.19. The van der Waals surface area contributed by atoms with Crippen molar-refractivity contribution in [1.29, 1.82) is 0 Å². The van der Waals surface area contributed by atoms with Gasteiger partial charge in [0, 0.05) is 21.6 Å². The van der Waals surface area contributed by atoms with Gasteiger partial charge in [0.1, 0.15) is 5.69 Å². The average molecular weight is 404 g/mol. The van der Waals surface area contributed by atoms with Crippen LogP contribution in [0.3, 0.4) is 0 Å². The first-order valence-corrected chi connectivity index (χ1v) is 7.96. The van der Waals surface area contributed by atoms with Crippen LogP contribution in [0.2, 0.25) is 0 Å². The summed E-state index contributed by atoms with van der Waals surface area (Å²) in [5, 5.41) is 15.1. The zero-order valence-electron chi connectivity index (χ0n) is 11.8. The molecular formula is C16H13IN4O. The Bertz CT molecular complexity index is 1000. The lowest BCUT2D eigenvalue weighted by Gasteiger charge is -1.95. The molecule has 0 aliphatic heterocycles. The molecular weight excluding hydrogens is 391 g/mol. The Labute approximate surface area is 140 Å². The Morgan fingerprint density at radius 1 is 1.27 bits per heavy atom. The highest BCUT2D eigenvalue weighted by Gasteiger charge is 2.15. The largest absolute Gasteiger partial charge is 0.392 e. The second kappa shape index (κ2) is 5.06. The van der Waals surface area contributed by atoms with Crippen molar-refractivity contribution in [2.24, 2.45) is 7.05 Å². The van der Waals surface area contributed by atoms with Crippen molar-refractivity contribution < 1.29 is 5.11 Å². The molecule has 5 nitrogen and oxygen atoms in total. The predicted molar refractivity (Wildman–Crippen MR) is 94.4 cm³/mol. The predicted octanol–water partition coefficient (Wildman–Crippen LogP) is 3.21. The average Bonchev–Trinajstić information content (AvgIpc) is 3.08. The molecule has 2 aromatic carbocycles. The third-order valence-corrected chi connectivity index (χ3v) is 4.47. The fraction of sp³-hybridized carbons (Fsp3) is 0.125. The van der Waals surface area contributed by atoms with Gasteiger partial charge < -0.3 is 10.1 Å². The first-order chi connectivity index (χ1) is 10.7. The van der Waals surface area contributed by atoms with Gasteiger partial charge in [0.15, 0.2) is 5.82 Å². The summed E-state index contributed by atoms with van der Waals surface area (Å²) in [7, 11) is 1.93. The van der Waals surface area contributed by atoms with Crippen LogP contribution in [0.15, 0.2) is 36.4 Å².